The molecule has 1 fully saturated rings. The number of hydrogen-bond donors (Lipinski definition) is 2. The summed E-state index contributed by atoms with van der Waals surface area (Å²) in [6.07, 6.45) is 2.34. The Balaban J connectivity index is 1.97. The van der Waals surface area contributed by atoms with Crippen LogP contribution in [-0.4, -0.2) is 50.2 Å². The molecule has 1 aromatic carbocycles. The van der Waals surface area contributed by atoms with Gasteiger partial charge in [-0.25, -0.2) is 8.42 Å². The van der Waals surface area contributed by atoms with Crippen molar-refractivity contribution in [1.82, 2.24) is 10.0 Å². The van der Waals surface area contributed by atoms with E-state index >= 15 is 0 Å². The zero-order valence-electron chi connectivity index (χ0n) is 14.6. The molecule has 0 radical (unpaired) electrons. The van der Waals surface area contributed by atoms with Crippen LogP contribution in [-0.2, 0) is 24.3 Å². The normalized spacial score (nSPS) is 15.0. The van der Waals surface area contributed by atoms with Gasteiger partial charge in [-0.05, 0) is 38.2 Å². The molecule has 0 spiro atoms. The number of rotatable bonds is 9. The summed E-state index contributed by atoms with van der Waals surface area (Å²) < 4.78 is 31.4. The van der Waals surface area contributed by atoms with Crippen LogP contribution in [0.1, 0.15) is 19.8 Å². The van der Waals surface area contributed by atoms with Crippen molar-refractivity contribution in [3.8, 4) is 0 Å². The number of amides is 1. The van der Waals surface area contributed by atoms with Crippen molar-refractivity contribution >= 4 is 39.3 Å². The topological polar surface area (TPSA) is 145 Å². The van der Waals surface area contributed by atoms with Gasteiger partial charge < -0.3 is 10.1 Å². The molecule has 1 aliphatic rings. The average molecular weight is 417 g/mol. The van der Waals surface area contributed by atoms with Crippen molar-refractivity contribution in [3.05, 3.63) is 28.3 Å². The zero-order valence-corrected chi connectivity index (χ0v) is 16.3. The fourth-order valence-corrected chi connectivity index (χ4v) is 3.59. The Morgan fingerprint density at radius 1 is 1.41 bits per heavy atom. The van der Waals surface area contributed by atoms with E-state index in [4.69, 9.17) is 4.74 Å². The molecule has 1 saturated carbocycles. The predicted molar refractivity (Wildman–Crippen MR) is 96.8 cm³/mol. The number of sulfonamides is 1. The molecule has 12 heteroatoms. The highest BCUT2D eigenvalue weighted by atomic mass is 32.2. The third-order valence-electron chi connectivity index (χ3n) is 3.67. The minimum atomic E-state index is -4.17. The van der Waals surface area contributed by atoms with Crippen molar-refractivity contribution in [2.75, 3.05) is 12.8 Å². The Hall–Kier alpha value is -2.18. The number of hydrogen-bond acceptors (Lipinski definition) is 8. The molecule has 27 heavy (non-hydrogen) atoms. The smallest absolute Gasteiger partial charge is 0.321 e. The number of nitro benzene ring substituents is 1. The van der Waals surface area contributed by atoms with Gasteiger partial charge >= 0.3 is 5.97 Å². The summed E-state index contributed by atoms with van der Waals surface area (Å²) in [6, 6.07) is 3.56. The quantitative estimate of drug-likeness (QED) is 0.260. The fraction of sp³-hybridized carbons (Fsp3) is 0.467. The molecule has 0 bridgehead atoms. The molecule has 0 aliphatic heterocycles. The van der Waals surface area contributed by atoms with E-state index in [1.807, 2.05) is 4.72 Å². The SMILES string of the molecule is CSc1ccc(S(=O)(=O)NCC(=O)OC(C)C(=O)NC2CC2)cc1[N+](=O)[O-]. The number of benzene rings is 1. The van der Waals surface area contributed by atoms with Gasteiger partial charge in [0, 0.05) is 12.1 Å². The van der Waals surface area contributed by atoms with Crippen LogP contribution in [0.3, 0.4) is 0 Å². The molecule has 1 amide bonds. The second-order valence-electron chi connectivity index (χ2n) is 5.83. The largest absolute Gasteiger partial charge is 0.452 e. The van der Waals surface area contributed by atoms with E-state index in [0.717, 1.165) is 30.7 Å². The van der Waals surface area contributed by atoms with Crippen LogP contribution in [0, 0.1) is 10.1 Å². The number of ether oxygens (including phenoxy) is 1. The maximum absolute atomic E-state index is 12.3. The van der Waals surface area contributed by atoms with Crippen LogP contribution in [0.4, 0.5) is 5.69 Å². The Labute approximate surface area is 160 Å². The van der Waals surface area contributed by atoms with Crippen molar-refractivity contribution in [2.24, 2.45) is 0 Å². The van der Waals surface area contributed by atoms with Crippen LogP contribution >= 0.6 is 11.8 Å². The third kappa shape index (κ3) is 5.91. The number of nitro groups is 1. The molecule has 0 saturated heterocycles. The lowest BCUT2D eigenvalue weighted by atomic mass is 10.3. The highest BCUT2D eigenvalue weighted by Crippen LogP contribution is 2.29. The van der Waals surface area contributed by atoms with E-state index in [1.165, 1.54) is 19.1 Å². The Bertz CT molecular complexity index is 853. The van der Waals surface area contributed by atoms with Gasteiger partial charge in [-0.3, -0.25) is 19.7 Å². The molecule has 148 valence electrons. The first-order valence-electron chi connectivity index (χ1n) is 7.96. The summed E-state index contributed by atoms with van der Waals surface area (Å²) in [4.78, 5) is 33.8. The Kier molecular flexibility index (Phi) is 6.78. The summed E-state index contributed by atoms with van der Waals surface area (Å²) in [7, 11) is -4.17. The molecule has 1 aliphatic carbocycles. The maximum Gasteiger partial charge on any atom is 0.321 e. The van der Waals surface area contributed by atoms with E-state index in [1.54, 1.807) is 6.26 Å². The van der Waals surface area contributed by atoms with E-state index < -0.39 is 39.5 Å². The zero-order chi connectivity index (χ0) is 20.2. The lowest BCUT2D eigenvalue weighted by molar-refractivity contribution is -0.387. The lowest BCUT2D eigenvalue weighted by Gasteiger charge is -2.13. The number of esters is 1. The number of thioether (sulfide) groups is 1. The van der Waals surface area contributed by atoms with Gasteiger partial charge in [-0.2, -0.15) is 4.72 Å². The number of nitrogens with zero attached hydrogens (tertiary/aromatic N) is 1. The van der Waals surface area contributed by atoms with E-state index in [2.05, 4.69) is 5.32 Å². The number of carbonyl (C=O) groups is 2. The van der Waals surface area contributed by atoms with Crippen LogP contribution in [0.25, 0.3) is 0 Å². The molecule has 10 nitrogen and oxygen atoms in total. The monoisotopic (exact) mass is 417 g/mol. The van der Waals surface area contributed by atoms with Gasteiger partial charge in [0.05, 0.1) is 14.7 Å². The van der Waals surface area contributed by atoms with Crippen molar-refractivity contribution in [1.29, 1.82) is 0 Å². The minimum Gasteiger partial charge on any atom is -0.452 e. The van der Waals surface area contributed by atoms with Crippen molar-refractivity contribution in [2.45, 2.75) is 41.7 Å². The second-order valence-corrected chi connectivity index (χ2v) is 8.45. The second kappa shape index (κ2) is 8.67. The minimum absolute atomic E-state index is 0.109. The highest BCUT2D eigenvalue weighted by molar-refractivity contribution is 7.98. The summed E-state index contributed by atoms with van der Waals surface area (Å²) in [5.41, 5.74) is -0.349. The Morgan fingerprint density at radius 2 is 2.07 bits per heavy atom. The molecular formula is C15H19N3O7S2. The number of carbonyl (C=O) groups excluding carboxylic acids is 2. The summed E-state index contributed by atoms with van der Waals surface area (Å²) >= 11 is 1.11. The molecular weight excluding hydrogens is 398 g/mol. The highest BCUT2D eigenvalue weighted by Gasteiger charge is 2.28. The van der Waals surface area contributed by atoms with Gasteiger partial charge in [-0.15, -0.1) is 11.8 Å². The molecule has 1 aromatic rings. The van der Waals surface area contributed by atoms with Crippen LogP contribution in [0.2, 0.25) is 0 Å². The van der Waals surface area contributed by atoms with E-state index in [0.29, 0.717) is 4.90 Å². The van der Waals surface area contributed by atoms with Gasteiger partial charge in [0.15, 0.2) is 6.10 Å². The molecule has 0 aromatic heterocycles. The molecule has 0 heterocycles. The molecule has 1 unspecified atom stereocenters. The fourth-order valence-electron chi connectivity index (χ4n) is 2.06. The van der Waals surface area contributed by atoms with E-state index in [9.17, 15) is 28.1 Å². The molecule has 2 rings (SSSR count). The molecule has 2 N–H and O–H groups in total. The van der Waals surface area contributed by atoms with Crippen molar-refractivity contribution < 1.29 is 27.7 Å². The first-order chi connectivity index (χ1) is 12.6. The third-order valence-corrected chi connectivity index (χ3v) is 5.85. The van der Waals surface area contributed by atoms with Gasteiger partial charge in [0.1, 0.15) is 6.54 Å². The van der Waals surface area contributed by atoms with Crippen LogP contribution in [0.15, 0.2) is 28.0 Å². The Morgan fingerprint density at radius 3 is 2.63 bits per heavy atom. The average Bonchev–Trinajstić information content (AvgIpc) is 3.43. The first-order valence-corrected chi connectivity index (χ1v) is 10.7. The van der Waals surface area contributed by atoms with Gasteiger partial charge in [0.2, 0.25) is 10.0 Å². The lowest BCUT2D eigenvalue weighted by Crippen LogP contribution is -2.39. The van der Waals surface area contributed by atoms with Gasteiger partial charge in [0.25, 0.3) is 11.6 Å². The maximum atomic E-state index is 12.3. The van der Waals surface area contributed by atoms with Crippen LogP contribution < -0.4 is 10.0 Å². The predicted octanol–water partition coefficient (Wildman–Crippen LogP) is 0.805. The summed E-state index contributed by atoms with van der Waals surface area (Å²) in [5.74, 6) is -1.38. The number of nitrogens with one attached hydrogen (secondary N) is 2. The first kappa shape index (κ1) is 21.1. The van der Waals surface area contributed by atoms with Crippen LogP contribution in [0.5, 0.6) is 0 Å². The molecule has 1 atom stereocenters. The summed E-state index contributed by atoms with van der Waals surface area (Å²) in [6.45, 7) is 0.677. The summed E-state index contributed by atoms with van der Waals surface area (Å²) in [5, 5.41) is 13.7. The van der Waals surface area contributed by atoms with Crippen molar-refractivity contribution in [3.63, 3.8) is 0 Å². The van der Waals surface area contributed by atoms with E-state index in [-0.39, 0.29) is 16.6 Å². The van der Waals surface area contributed by atoms with Gasteiger partial charge in [-0.1, -0.05) is 0 Å². The standard InChI is InChI=1S/C15H19N3O7S2/c1-9(15(20)17-10-3-4-10)25-14(19)8-16-27(23,24)11-5-6-13(26-2)12(7-11)18(21)22/h5-7,9-10,16H,3-4,8H2,1-2H3,(H,17,20).